The molecule has 0 radical (unpaired) electrons. The van der Waals surface area contributed by atoms with Gasteiger partial charge in [-0.05, 0) is 30.2 Å². The second-order valence-corrected chi connectivity index (χ2v) is 8.61. The standard InChI is InChI=1S/C26H26FN3O4/c1-2-20(15-6-9-24(27)28-12-15)30-21-5-3-4-19-22(14-34-26(19)21)29-17-7-8-18-16(10-25(31)32)13-33-23(18)11-17/h3-9,11-12,16,20,22,29-30H,2,10,13-14H2,1H3,(H,31,32)/t16-,20?,22-/m1/s1. The molecule has 0 fully saturated rings. The SMILES string of the molecule is CCC(Nc1cccc2c1OC[C@H]2Nc1ccc2c(c1)OC[C@H]2CC(=O)O)c1ccc(F)nc1. The molecule has 0 spiro atoms. The van der Waals surface area contributed by atoms with Crippen LogP contribution in [0.4, 0.5) is 15.8 Å². The van der Waals surface area contributed by atoms with Crippen LogP contribution in [-0.2, 0) is 4.79 Å². The van der Waals surface area contributed by atoms with Gasteiger partial charge in [0.2, 0.25) is 5.95 Å². The third kappa shape index (κ3) is 4.35. The van der Waals surface area contributed by atoms with E-state index in [4.69, 9.17) is 14.6 Å². The molecule has 1 aromatic heterocycles. The number of pyridine rings is 1. The summed E-state index contributed by atoms with van der Waals surface area (Å²) in [4.78, 5) is 14.9. The van der Waals surface area contributed by atoms with E-state index in [-0.39, 0.29) is 24.4 Å². The van der Waals surface area contributed by atoms with Gasteiger partial charge in [0.15, 0.2) is 0 Å². The molecule has 3 atom stereocenters. The Bertz CT molecular complexity index is 1200. The number of halogens is 1. The van der Waals surface area contributed by atoms with Crippen molar-refractivity contribution in [3.63, 3.8) is 0 Å². The summed E-state index contributed by atoms with van der Waals surface area (Å²) < 4.78 is 25.0. The number of carbonyl (C=O) groups is 1. The summed E-state index contributed by atoms with van der Waals surface area (Å²) in [6.45, 7) is 2.92. The normalized spacial score (nSPS) is 18.9. The molecular formula is C26H26FN3O4. The van der Waals surface area contributed by atoms with Crippen molar-refractivity contribution in [3.8, 4) is 11.5 Å². The van der Waals surface area contributed by atoms with Gasteiger partial charge in [-0.2, -0.15) is 4.39 Å². The number of aromatic nitrogens is 1. The first-order valence-corrected chi connectivity index (χ1v) is 11.4. The number of hydrogen-bond donors (Lipinski definition) is 3. The predicted molar refractivity (Wildman–Crippen MR) is 126 cm³/mol. The van der Waals surface area contributed by atoms with E-state index in [0.29, 0.717) is 13.2 Å². The third-order valence-electron chi connectivity index (χ3n) is 6.36. The first-order valence-electron chi connectivity index (χ1n) is 11.4. The van der Waals surface area contributed by atoms with Crippen LogP contribution >= 0.6 is 0 Å². The van der Waals surface area contributed by atoms with Crippen molar-refractivity contribution >= 4 is 17.3 Å². The minimum absolute atomic E-state index is 0.0252. The number of anilines is 2. The number of rotatable bonds is 8. The summed E-state index contributed by atoms with van der Waals surface area (Å²) in [5.41, 5.74) is 4.66. The van der Waals surface area contributed by atoms with Crippen molar-refractivity contribution in [2.24, 2.45) is 0 Å². The molecule has 8 heteroatoms. The molecular weight excluding hydrogens is 437 g/mol. The zero-order valence-electron chi connectivity index (χ0n) is 18.8. The van der Waals surface area contributed by atoms with Gasteiger partial charge in [-0.25, -0.2) is 4.98 Å². The number of carboxylic acid groups (broad SMARTS) is 1. The fourth-order valence-corrected chi connectivity index (χ4v) is 4.63. The van der Waals surface area contributed by atoms with Crippen LogP contribution in [0.3, 0.4) is 0 Å². The molecule has 5 rings (SSSR count). The fourth-order valence-electron chi connectivity index (χ4n) is 4.63. The average Bonchev–Trinajstić information content (AvgIpc) is 3.42. The van der Waals surface area contributed by atoms with Gasteiger partial charge in [-0.3, -0.25) is 4.79 Å². The van der Waals surface area contributed by atoms with E-state index in [1.54, 1.807) is 12.3 Å². The summed E-state index contributed by atoms with van der Waals surface area (Å²) in [5, 5.41) is 16.1. The molecule has 3 heterocycles. The van der Waals surface area contributed by atoms with Crippen molar-refractivity contribution in [1.29, 1.82) is 0 Å². The number of nitrogens with zero attached hydrogens (tertiary/aromatic N) is 1. The van der Waals surface area contributed by atoms with E-state index in [9.17, 15) is 9.18 Å². The van der Waals surface area contributed by atoms with Gasteiger partial charge < -0.3 is 25.2 Å². The summed E-state index contributed by atoms with van der Waals surface area (Å²) in [6.07, 6.45) is 2.42. The highest BCUT2D eigenvalue weighted by Gasteiger charge is 2.29. The Labute approximate surface area is 196 Å². The maximum Gasteiger partial charge on any atom is 0.304 e. The Morgan fingerprint density at radius 3 is 2.82 bits per heavy atom. The lowest BCUT2D eigenvalue weighted by Crippen LogP contribution is -2.12. The smallest absolute Gasteiger partial charge is 0.304 e. The van der Waals surface area contributed by atoms with Crippen molar-refractivity contribution in [3.05, 3.63) is 77.4 Å². The number of fused-ring (bicyclic) bond motifs is 2. The zero-order valence-corrected chi connectivity index (χ0v) is 18.8. The van der Waals surface area contributed by atoms with Gasteiger partial charge in [0.1, 0.15) is 18.1 Å². The topological polar surface area (TPSA) is 92.7 Å². The van der Waals surface area contributed by atoms with E-state index < -0.39 is 11.9 Å². The zero-order chi connectivity index (χ0) is 23.7. The quantitative estimate of drug-likeness (QED) is 0.391. The number of para-hydroxylation sites is 1. The molecule has 3 aromatic rings. The Balaban J connectivity index is 1.32. The van der Waals surface area contributed by atoms with Gasteiger partial charge >= 0.3 is 5.97 Å². The summed E-state index contributed by atoms with van der Waals surface area (Å²) >= 11 is 0. The number of hydrogen-bond acceptors (Lipinski definition) is 6. The lowest BCUT2D eigenvalue weighted by atomic mass is 9.97. The largest absolute Gasteiger partial charge is 0.493 e. The van der Waals surface area contributed by atoms with Crippen LogP contribution in [0.1, 0.15) is 54.5 Å². The van der Waals surface area contributed by atoms with Crippen LogP contribution in [0.15, 0.2) is 54.7 Å². The van der Waals surface area contributed by atoms with Gasteiger partial charge in [-0.15, -0.1) is 0 Å². The molecule has 0 aliphatic carbocycles. The number of aliphatic carboxylic acids is 1. The van der Waals surface area contributed by atoms with E-state index in [1.165, 1.54) is 6.07 Å². The Morgan fingerprint density at radius 1 is 1.18 bits per heavy atom. The average molecular weight is 464 g/mol. The summed E-state index contributed by atoms with van der Waals surface area (Å²) in [5.74, 6) is 0.0880. The number of nitrogens with one attached hydrogen (secondary N) is 2. The molecule has 0 bridgehead atoms. The van der Waals surface area contributed by atoms with Crippen LogP contribution < -0.4 is 20.1 Å². The molecule has 2 aromatic carbocycles. The molecule has 34 heavy (non-hydrogen) atoms. The van der Waals surface area contributed by atoms with Gasteiger partial charge in [0.05, 0.1) is 30.8 Å². The first-order chi connectivity index (χ1) is 16.5. The van der Waals surface area contributed by atoms with Crippen LogP contribution in [-0.4, -0.2) is 29.3 Å². The highest BCUT2D eigenvalue weighted by atomic mass is 19.1. The summed E-state index contributed by atoms with van der Waals surface area (Å²) in [6, 6.07) is 14.9. The van der Waals surface area contributed by atoms with Gasteiger partial charge in [-0.1, -0.05) is 31.2 Å². The molecule has 3 N–H and O–H groups in total. The minimum atomic E-state index is -0.825. The lowest BCUT2D eigenvalue weighted by Gasteiger charge is -2.20. The van der Waals surface area contributed by atoms with Gasteiger partial charge in [0, 0.05) is 35.0 Å². The monoisotopic (exact) mass is 463 g/mol. The highest BCUT2D eigenvalue weighted by molar-refractivity contribution is 5.69. The molecule has 0 amide bonds. The molecule has 2 aliphatic heterocycles. The highest BCUT2D eigenvalue weighted by Crippen LogP contribution is 2.43. The van der Waals surface area contributed by atoms with Crippen LogP contribution in [0, 0.1) is 5.95 Å². The maximum absolute atomic E-state index is 13.2. The van der Waals surface area contributed by atoms with Crippen molar-refractivity contribution < 1.29 is 23.8 Å². The summed E-state index contributed by atoms with van der Waals surface area (Å²) in [7, 11) is 0. The predicted octanol–water partition coefficient (Wildman–Crippen LogP) is 5.28. The van der Waals surface area contributed by atoms with Crippen molar-refractivity contribution in [2.75, 3.05) is 23.8 Å². The van der Waals surface area contributed by atoms with E-state index in [2.05, 4.69) is 22.5 Å². The Hall–Kier alpha value is -3.81. The van der Waals surface area contributed by atoms with E-state index >= 15 is 0 Å². The fraction of sp³-hybridized carbons (Fsp3) is 0.308. The molecule has 1 unspecified atom stereocenters. The van der Waals surface area contributed by atoms with Crippen molar-refractivity contribution in [2.45, 2.75) is 37.8 Å². The molecule has 7 nitrogen and oxygen atoms in total. The molecule has 176 valence electrons. The third-order valence-corrected chi connectivity index (χ3v) is 6.36. The van der Waals surface area contributed by atoms with E-state index in [0.717, 1.165) is 46.0 Å². The van der Waals surface area contributed by atoms with Crippen LogP contribution in [0.25, 0.3) is 0 Å². The second kappa shape index (κ2) is 9.21. The first kappa shape index (κ1) is 22.0. The number of benzene rings is 2. The Kier molecular flexibility index (Phi) is 5.96. The van der Waals surface area contributed by atoms with E-state index in [1.807, 2.05) is 36.4 Å². The molecule has 0 saturated heterocycles. The number of ether oxygens (including phenoxy) is 2. The van der Waals surface area contributed by atoms with Gasteiger partial charge in [0.25, 0.3) is 0 Å². The lowest BCUT2D eigenvalue weighted by molar-refractivity contribution is -0.137. The Morgan fingerprint density at radius 2 is 2.06 bits per heavy atom. The van der Waals surface area contributed by atoms with Crippen LogP contribution in [0.2, 0.25) is 0 Å². The molecule has 0 saturated carbocycles. The van der Waals surface area contributed by atoms with Crippen LogP contribution in [0.5, 0.6) is 11.5 Å². The minimum Gasteiger partial charge on any atom is -0.493 e. The maximum atomic E-state index is 13.2. The number of carboxylic acids is 1. The van der Waals surface area contributed by atoms with Crippen molar-refractivity contribution in [1.82, 2.24) is 4.98 Å². The second-order valence-electron chi connectivity index (χ2n) is 8.61. The molecule has 2 aliphatic rings.